The van der Waals surface area contributed by atoms with Crippen molar-refractivity contribution in [1.29, 1.82) is 0 Å². The van der Waals surface area contributed by atoms with Crippen molar-refractivity contribution in [3.05, 3.63) is 24.6 Å². The van der Waals surface area contributed by atoms with Crippen LogP contribution in [0.3, 0.4) is 0 Å². The number of nitrogens with one attached hydrogen (secondary N) is 1. The Morgan fingerprint density at radius 1 is 1.36 bits per heavy atom. The van der Waals surface area contributed by atoms with E-state index >= 15 is 0 Å². The van der Waals surface area contributed by atoms with Gasteiger partial charge in [0.25, 0.3) is 0 Å². The van der Waals surface area contributed by atoms with Gasteiger partial charge in [-0.2, -0.15) is 0 Å². The summed E-state index contributed by atoms with van der Waals surface area (Å²) >= 11 is 0. The number of rotatable bonds is 3. The molecule has 0 aliphatic carbocycles. The van der Waals surface area contributed by atoms with Crippen molar-refractivity contribution < 1.29 is 0 Å². The van der Waals surface area contributed by atoms with Crippen LogP contribution in [-0.2, 0) is 0 Å². The highest BCUT2D eigenvalue weighted by molar-refractivity contribution is 5.08. The molecule has 0 aromatic carbocycles. The molecule has 0 spiro atoms. The van der Waals surface area contributed by atoms with E-state index in [1.165, 1.54) is 12.2 Å². The van der Waals surface area contributed by atoms with Crippen LogP contribution < -0.4 is 5.32 Å². The Morgan fingerprint density at radius 2 is 2.14 bits per heavy atom. The van der Waals surface area contributed by atoms with Crippen LogP contribution in [0.5, 0.6) is 0 Å². The first-order valence-electron chi connectivity index (χ1n) is 5.21. The zero-order valence-corrected chi connectivity index (χ0v) is 9.29. The first kappa shape index (κ1) is 11.1. The van der Waals surface area contributed by atoms with E-state index in [1.807, 2.05) is 6.08 Å². The molecular weight excluding hydrogens is 174 g/mol. The van der Waals surface area contributed by atoms with E-state index < -0.39 is 0 Å². The largest absolute Gasteiger partial charge is 0.364 e. The zero-order chi connectivity index (χ0) is 10.4. The molecule has 0 aromatic rings. The summed E-state index contributed by atoms with van der Waals surface area (Å²) in [6, 6.07) is 0. The lowest BCUT2D eigenvalue weighted by atomic mass is 10.3. The SMILES string of the molecule is C=C/C=C(\N(C)C)N1CCCNCC1. The Kier molecular flexibility index (Phi) is 4.53. The van der Waals surface area contributed by atoms with Crippen molar-refractivity contribution in [1.82, 2.24) is 15.1 Å². The van der Waals surface area contributed by atoms with Crippen LogP contribution in [0.15, 0.2) is 24.6 Å². The topological polar surface area (TPSA) is 18.5 Å². The summed E-state index contributed by atoms with van der Waals surface area (Å²) in [6.07, 6.45) is 5.14. The van der Waals surface area contributed by atoms with E-state index in [-0.39, 0.29) is 0 Å². The van der Waals surface area contributed by atoms with Crippen LogP contribution in [0.4, 0.5) is 0 Å². The fourth-order valence-corrected chi connectivity index (χ4v) is 1.72. The zero-order valence-electron chi connectivity index (χ0n) is 9.29. The van der Waals surface area contributed by atoms with E-state index in [0.29, 0.717) is 0 Å². The quantitative estimate of drug-likeness (QED) is 0.674. The molecule has 1 aliphatic heterocycles. The second kappa shape index (κ2) is 5.70. The minimum atomic E-state index is 1.07. The van der Waals surface area contributed by atoms with Gasteiger partial charge in [0.1, 0.15) is 5.82 Å². The van der Waals surface area contributed by atoms with Gasteiger partial charge in [0.2, 0.25) is 0 Å². The molecule has 1 fully saturated rings. The molecule has 0 radical (unpaired) electrons. The Morgan fingerprint density at radius 3 is 2.79 bits per heavy atom. The molecule has 1 heterocycles. The Balaban J connectivity index is 2.65. The van der Waals surface area contributed by atoms with Crippen LogP contribution in [0, 0.1) is 0 Å². The van der Waals surface area contributed by atoms with Crippen LogP contribution >= 0.6 is 0 Å². The molecule has 14 heavy (non-hydrogen) atoms. The lowest BCUT2D eigenvalue weighted by molar-refractivity contribution is 0.270. The van der Waals surface area contributed by atoms with Crippen molar-refractivity contribution >= 4 is 0 Å². The highest BCUT2D eigenvalue weighted by Crippen LogP contribution is 2.09. The molecule has 1 saturated heterocycles. The summed E-state index contributed by atoms with van der Waals surface area (Å²) in [5.74, 6) is 1.25. The average Bonchev–Trinajstić information content (AvgIpc) is 2.41. The summed E-state index contributed by atoms with van der Waals surface area (Å²) in [5, 5.41) is 3.40. The molecule has 1 N–H and O–H groups in total. The lowest BCUT2D eigenvalue weighted by Crippen LogP contribution is -2.33. The summed E-state index contributed by atoms with van der Waals surface area (Å²) in [6.45, 7) is 8.17. The van der Waals surface area contributed by atoms with Gasteiger partial charge in [0.05, 0.1) is 0 Å². The van der Waals surface area contributed by atoms with Crippen molar-refractivity contribution in [2.75, 3.05) is 40.3 Å². The normalized spacial score (nSPS) is 19.0. The first-order valence-corrected chi connectivity index (χ1v) is 5.21. The van der Waals surface area contributed by atoms with E-state index in [0.717, 1.165) is 26.2 Å². The van der Waals surface area contributed by atoms with E-state index in [9.17, 15) is 0 Å². The third-order valence-corrected chi connectivity index (χ3v) is 2.39. The molecule has 0 saturated carbocycles. The summed E-state index contributed by atoms with van der Waals surface area (Å²) in [4.78, 5) is 4.55. The second-order valence-electron chi connectivity index (χ2n) is 3.75. The average molecular weight is 195 g/mol. The summed E-state index contributed by atoms with van der Waals surface area (Å²) in [7, 11) is 4.15. The van der Waals surface area contributed by atoms with Crippen molar-refractivity contribution in [3.63, 3.8) is 0 Å². The van der Waals surface area contributed by atoms with Gasteiger partial charge in [-0.05, 0) is 19.0 Å². The van der Waals surface area contributed by atoms with Crippen molar-refractivity contribution in [2.45, 2.75) is 6.42 Å². The fourth-order valence-electron chi connectivity index (χ4n) is 1.72. The number of allylic oxidation sites excluding steroid dienone is 2. The predicted octanol–water partition coefficient (Wildman–Crippen LogP) is 0.871. The molecule has 1 aliphatic rings. The maximum atomic E-state index is 3.76. The smallest absolute Gasteiger partial charge is 0.103 e. The van der Waals surface area contributed by atoms with Gasteiger partial charge in [0.15, 0.2) is 0 Å². The minimum Gasteiger partial charge on any atom is -0.364 e. The van der Waals surface area contributed by atoms with E-state index in [1.54, 1.807) is 0 Å². The molecule has 1 rings (SSSR count). The van der Waals surface area contributed by atoms with Crippen LogP contribution in [0.1, 0.15) is 6.42 Å². The third-order valence-electron chi connectivity index (χ3n) is 2.39. The summed E-state index contributed by atoms with van der Waals surface area (Å²) < 4.78 is 0. The van der Waals surface area contributed by atoms with Gasteiger partial charge >= 0.3 is 0 Å². The predicted molar refractivity (Wildman–Crippen MR) is 61.0 cm³/mol. The van der Waals surface area contributed by atoms with E-state index in [4.69, 9.17) is 0 Å². The monoisotopic (exact) mass is 195 g/mol. The van der Waals surface area contributed by atoms with Crippen LogP contribution in [-0.4, -0.2) is 50.1 Å². The highest BCUT2D eigenvalue weighted by atomic mass is 15.3. The molecule has 0 bridgehead atoms. The molecule has 3 heteroatoms. The number of hydrogen-bond donors (Lipinski definition) is 1. The summed E-state index contributed by atoms with van der Waals surface area (Å²) in [5.41, 5.74) is 0. The van der Waals surface area contributed by atoms with Gasteiger partial charge in [-0.15, -0.1) is 0 Å². The highest BCUT2D eigenvalue weighted by Gasteiger charge is 2.12. The molecule has 0 aromatic heterocycles. The Labute approximate surface area is 87.1 Å². The first-order chi connectivity index (χ1) is 6.75. The van der Waals surface area contributed by atoms with Gasteiger partial charge < -0.3 is 15.1 Å². The van der Waals surface area contributed by atoms with Crippen molar-refractivity contribution in [3.8, 4) is 0 Å². The molecule has 0 atom stereocenters. The second-order valence-corrected chi connectivity index (χ2v) is 3.75. The number of hydrogen-bond acceptors (Lipinski definition) is 3. The van der Waals surface area contributed by atoms with Gasteiger partial charge in [-0.25, -0.2) is 0 Å². The Hall–Kier alpha value is -0.960. The van der Waals surface area contributed by atoms with Gasteiger partial charge in [0, 0.05) is 33.7 Å². The maximum absolute atomic E-state index is 3.76. The molecule has 80 valence electrons. The third kappa shape index (κ3) is 3.07. The van der Waals surface area contributed by atoms with Gasteiger partial charge in [-0.1, -0.05) is 12.7 Å². The lowest BCUT2D eigenvalue weighted by Gasteiger charge is -2.30. The van der Waals surface area contributed by atoms with Crippen LogP contribution in [0.2, 0.25) is 0 Å². The van der Waals surface area contributed by atoms with Gasteiger partial charge in [-0.3, -0.25) is 0 Å². The molecular formula is C11H21N3. The Bertz CT molecular complexity index is 201. The molecule has 0 amide bonds. The fraction of sp³-hybridized carbons (Fsp3) is 0.636. The van der Waals surface area contributed by atoms with Crippen LogP contribution in [0.25, 0.3) is 0 Å². The molecule has 0 unspecified atom stereocenters. The number of nitrogens with zero attached hydrogens (tertiary/aromatic N) is 2. The van der Waals surface area contributed by atoms with E-state index in [2.05, 4.69) is 41.9 Å². The minimum absolute atomic E-state index is 1.07. The van der Waals surface area contributed by atoms with Crippen molar-refractivity contribution in [2.24, 2.45) is 0 Å². The maximum Gasteiger partial charge on any atom is 0.103 e. The standard InChI is InChI=1S/C11H21N3/c1-4-6-11(13(2)3)14-9-5-7-12-8-10-14/h4,6,12H,1,5,7-10H2,2-3H3/b11-6+. The molecule has 3 nitrogen and oxygen atoms in total.